The minimum atomic E-state index is 0. The summed E-state index contributed by atoms with van der Waals surface area (Å²) in [4.78, 5) is 6.37. The number of guanidine groups is 1. The molecule has 0 atom stereocenters. The molecular weight excluding hydrogens is 465 g/mol. The van der Waals surface area contributed by atoms with Crippen molar-refractivity contribution in [2.45, 2.75) is 45.6 Å². The van der Waals surface area contributed by atoms with Gasteiger partial charge in [0.2, 0.25) is 0 Å². The van der Waals surface area contributed by atoms with Crippen molar-refractivity contribution in [2.24, 2.45) is 4.99 Å². The van der Waals surface area contributed by atoms with Crippen LogP contribution >= 0.6 is 24.0 Å². The number of halogens is 1. The van der Waals surface area contributed by atoms with Gasteiger partial charge in [-0.3, -0.25) is 4.99 Å². The number of nitrogens with zero attached hydrogens (tertiary/aromatic N) is 3. The second kappa shape index (κ2) is 12.6. The molecule has 156 valence electrons. The van der Waals surface area contributed by atoms with E-state index in [0.717, 1.165) is 43.2 Å². The molecule has 0 amide bonds. The van der Waals surface area contributed by atoms with Gasteiger partial charge in [0.1, 0.15) is 0 Å². The van der Waals surface area contributed by atoms with Crippen LogP contribution in [0.5, 0.6) is 0 Å². The Morgan fingerprint density at radius 2 is 1.82 bits per heavy atom. The second-order valence-electron chi connectivity index (χ2n) is 6.89. The molecular formula is C21H34IN5O. The molecule has 0 aliphatic carbocycles. The van der Waals surface area contributed by atoms with Crippen molar-refractivity contribution in [3.63, 3.8) is 0 Å². The average molecular weight is 499 g/mol. The molecule has 28 heavy (non-hydrogen) atoms. The Hall–Kier alpha value is -1.77. The number of nitrogens with one attached hydrogen (secondary N) is 2. The third-order valence-corrected chi connectivity index (χ3v) is 4.79. The molecule has 1 heterocycles. The summed E-state index contributed by atoms with van der Waals surface area (Å²) in [5.74, 6) is 2.07. The lowest BCUT2D eigenvalue weighted by Gasteiger charge is -2.13. The Kier molecular flexibility index (Phi) is 11.0. The smallest absolute Gasteiger partial charge is 0.191 e. The van der Waals surface area contributed by atoms with Gasteiger partial charge in [0, 0.05) is 45.4 Å². The van der Waals surface area contributed by atoms with Gasteiger partial charge in [-0.1, -0.05) is 31.1 Å². The summed E-state index contributed by atoms with van der Waals surface area (Å²) in [6, 6.07) is 10.7. The van der Waals surface area contributed by atoms with E-state index in [4.69, 9.17) is 4.52 Å². The van der Waals surface area contributed by atoms with Crippen molar-refractivity contribution < 1.29 is 4.52 Å². The number of hydrogen-bond acceptors (Lipinski definition) is 4. The maximum atomic E-state index is 5.45. The first-order valence-corrected chi connectivity index (χ1v) is 9.73. The van der Waals surface area contributed by atoms with E-state index in [1.54, 1.807) is 7.05 Å². The SMILES string of the molecule is CCC(CC)c1cc(CNC(=NC)NCCc2ccc(N(C)C)cc2)on1.I. The van der Waals surface area contributed by atoms with Crippen molar-refractivity contribution in [1.29, 1.82) is 0 Å². The Labute approximate surface area is 186 Å². The van der Waals surface area contributed by atoms with E-state index < -0.39 is 0 Å². The van der Waals surface area contributed by atoms with Gasteiger partial charge in [-0.05, 0) is 37.0 Å². The number of aliphatic imine (C=N–C) groups is 1. The third kappa shape index (κ3) is 7.33. The normalized spacial score (nSPS) is 11.3. The van der Waals surface area contributed by atoms with Crippen LogP contribution < -0.4 is 15.5 Å². The fourth-order valence-corrected chi connectivity index (χ4v) is 2.99. The van der Waals surface area contributed by atoms with Gasteiger partial charge in [-0.25, -0.2) is 0 Å². The molecule has 1 aromatic carbocycles. The molecule has 0 saturated heterocycles. The van der Waals surface area contributed by atoms with Gasteiger partial charge in [0.25, 0.3) is 0 Å². The van der Waals surface area contributed by atoms with Crippen LogP contribution in [-0.4, -0.2) is 38.8 Å². The molecule has 0 saturated carbocycles. The van der Waals surface area contributed by atoms with Gasteiger partial charge < -0.3 is 20.1 Å². The molecule has 0 aliphatic heterocycles. The molecule has 1 aromatic heterocycles. The number of benzene rings is 1. The zero-order valence-corrected chi connectivity index (χ0v) is 20.0. The molecule has 0 bridgehead atoms. The van der Waals surface area contributed by atoms with Crippen molar-refractivity contribution in [2.75, 3.05) is 32.6 Å². The lowest BCUT2D eigenvalue weighted by molar-refractivity contribution is 0.368. The van der Waals surface area contributed by atoms with E-state index in [-0.39, 0.29) is 24.0 Å². The predicted octanol–water partition coefficient (Wildman–Crippen LogP) is 4.17. The van der Waals surface area contributed by atoms with E-state index >= 15 is 0 Å². The van der Waals surface area contributed by atoms with E-state index in [2.05, 4.69) is 63.8 Å². The zero-order valence-electron chi connectivity index (χ0n) is 17.7. The molecule has 6 nitrogen and oxygen atoms in total. The summed E-state index contributed by atoms with van der Waals surface area (Å²) in [5, 5.41) is 10.8. The van der Waals surface area contributed by atoms with Gasteiger partial charge >= 0.3 is 0 Å². The van der Waals surface area contributed by atoms with Gasteiger partial charge in [0.15, 0.2) is 11.7 Å². The van der Waals surface area contributed by atoms with Crippen molar-refractivity contribution >= 4 is 35.6 Å². The monoisotopic (exact) mass is 499 g/mol. The van der Waals surface area contributed by atoms with Crippen LogP contribution in [-0.2, 0) is 13.0 Å². The molecule has 0 radical (unpaired) electrons. The Morgan fingerprint density at radius 3 is 2.39 bits per heavy atom. The fourth-order valence-electron chi connectivity index (χ4n) is 2.99. The van der Waals surface area contributed by atoms with Crippen LogP contribution in [0.4, 0.5) is 5.69 Å². The molecule has 7 heteroatoms. The zero-order chi connectivity index (χ0) is 19.6. The van der Waals surface area contributed by atoms with Crippen molar-refractivity contribution in [1.82, 2.24) is 15.8 Å². The van der Waals surface area contributed by atoms with E-state index in [9.17, 15) is 0 Å². The highest BCUT2D eigenvalue weighted by atomic mass is 127. The van der Waals surface area contributed by atoms with Crippen molar-refractivity contribution in [3.8, 4) is 0 Å². The first-order valence-electron chi connectivity index (χ1n) is 9.73. The highest BCUT2D eigenvalue weighted by Crippen LogP contribution is 2.22. The number of rotatable bonds is 9. The van der Waals surface area contributed by atoms with Crippen LogP contribution in [0.15, 0.2) is 39.8 Å². The molecule has 2 rings (SSSR count). The number of hydrogen-bond donors (Lipinski definition) is 2. The molecule has 0 spiro atoms. The molecule has 2 N–H and O–H groups in total. The predicted molar refractivity (Wildman–Crippen MR) is 128 cm³/mol. The first kappa shape index (κ1) is 24.3. The summed E-state index contributed by atoms with van der Waals surface area (Å²) in [6.45, 7) is 5.75. The van der Waals surface area contributed by atoms with Crippen LogP contribution in [0, 0.1) is 0 Å². The second-order valence-corrected chi connectivity index (χ2v) is 6.89. The van der Waals surface area contributed by atoms with E-state index in [0.29, 0.717) is 12.5 Å². The molecule has 0 aliphatic rings. The third-order valence-electron chi connectivity index (χ3n) is 4.79. The molecule has 0 fully saturated rings. The summed E-state index contributed by atoms with van der Waals surface area (Å²) >= 11 is 0. The lowest BCUT2D eigenvalue weighted by Crippen LogP contribution is -2.37. The summed E-state index contributed by atoms with van der Waals surface area (Å²) in [6.07, 6.45) is 3.10. The average Bonchev–Trinajstić information content (AvgIpc) is 3.14. The Morgan fingerprint density at radius 1 is 1.14 bits per heavy atom. The maximum Gasteiger partial charge on any atom is 0.191 e. The minimum Gasteiger partial charge on any atom is -0.378 e. The summed E-state index contributed by atoms with van der Waals surface area (Å²) in [7, 11) is 5.87. The number of anilines is 1. The van der Waals surface area contributed by atoms with Crippen LogP contribution in [0.2, 0.25) is 0 Å². The van der Waals surface area contributed by atoms with E-state index in [1.165, 1.54) is 11.3 Å². The van der Waals surface area contributed by atoms with Crippen LogP contribution in [0.1, 0.15) is 49.6 Å². The molecule has 2 aromatic rings. The topological polar surface area (TPSA) is 65.7 Å². The summed E-state index contributed by atoms with van der Waals surface area (Å²) < 4.78 is 5.45. The minimum absolute atomic E-state index is 0. The standard InChI is InChI=1S/C21H33N5O.HI/c1-6-17(7-2)20-14-19(27-25-20)15-24-21(22-3)23-13-12-16-8-10-18(11-9-16)26(4)5;/h8-11,14,17H,6-7,12-13,15H2,1-5H3,(H2,22,23,24);1H. The lowest BCUT2D eigenvalue weighted by atomic mass is 9.99. The van der Waals surface area contributed by atoms with Gasteiger partial charge in [-0.2, -0.15) is 0 Å². The van der Waals surface area contributed by atoms with Gasteiger partial charge in [0.05, 0.1) is 12.2 Å². The Bertz CT molecular complexity index is 708. The molecule has 0 unspecified atom stereocenters. The largest absolute Gasteiger partial charge is 0.378 e. The van der Waals surface area contributed by atoms with Gasteiger partial charge in [-0.15, -0.1) is 24.0 Å². The van der Waals surface area contributed by atoms with Crippen LogP contribution in [0.25, 0.3) is 0 Å². The highest BCUT2D eigenvalue weighted by Gasteiger charge is 2.13. The van der Waals surface area contributed by atoms with E-state index in [1.807, 2.05) is 20.2 Å². The fraction of sp³-hybridized carbons (Fsp3) is 0.524. The Balaban J connectivity index is 0.00000392. The quantitative estimate of drug-likeness (QED) is 0.308. The maximum absolute atomic E-state index is 5.45. The van der Waals surface area contributed by atoms with Crippen LogP contribution in [0.3, 0.4) is 0 Å². The highest BCUT2D eigenvalue weighted by molar-refractivity contribution is 14.0. The first-order chi connectivity index (χ1) is 13.1. The summed E-state index contributed by atoms with van der Waals surface area (Å²) in [5.41, 5.74) is 3.55. The number of aromatic nitrogens is 1. The van der Waals surface area contributed by atoms with Crippen molar-refractivity contribution in [3.05, 3.63) is 47.3 Å².